The lowest BCUT2D eigenvalue weighted by molar-refractivity contribution is 0.302. The van der Waals surface area contributed by atoms with Gasteiger partial charge in [-0.3, -0.25) is 0 Å². The first-order valence-electron chi connectivity index (χ1n) is 9.06. The van der Waals surface area contributed by atoms with E-state index in [-0.39, 0.29) is 6.61 Å². The normalized spacial score (nSPS) is 27.1. The second kappa shape index (κ2) is 9.93. The minimum atomic E-state index is 0.245. The van der Waals surface area contributed by atoms with Crippen LogP contribution in [0.2, 0.25) is 0 Å². The molecule has 1 aliphatic rings. The van der Waals surface area contributed by atoms with Gasteiger partial charge in [0, 0.05) is 6.61 Å². The highest BCUT2D eigenvalue weighted by Gasteiger charge is 2.38. The largest absolute Gasteiger partial charge is 0.396 e. The Balaban J connectivity index is 3.10. The zero-order valence-corrected chi connectivity index (χ0v) is 16.0. The van der Waals surface area contributed by atoms with E-state index in [2.05, 4.69) is 71.9 Å². The first-order chi connectivity index (χ1) is 10.8. The van der Waals surface area contributed by atoms with E-state index in [4.69, 9.17) is 5.11 Å². The number of hydrogen-bond acceptors (Lipinski definition) is 1. The van der Waals surface area contributed by atoms with E-state index < -0.39 is 0 Å². The summed E-state index contributed by atoms with van der Waals surface area (Å²) in [7, 11) is 0. The van der Waals surface area contributed by atoms with Crippen molar-refractivity contribution in [1.82, 2.24) is 0 Å². The minimum absolute atomic E-state index is 0.245. The summed E-state index contributed by atoms with van der Waals surface area (Å²) in [6.45, 7) is 13.5. The Hall–Kier alpha value is -1.08. The van der Waals surface area contributed by atoms with Crippen LogP contribution in [-0.2, 0) is 0 Å². The van der Waals surface area contributed by atoms with Gasteiger partial charge in [0.15, 0.2) is 0 Å². The Morgan fingerprint density at radius 2 is 1.57 bits per heavy atom. The molecule has 1 aliphatic carbocycles. The summed E-state index contributed by atoms with van der Waals surface area (Å²) in [6.07, 6.45) is 15.0. The average Bonchev–Trinajstić information content (AvgIpc) is 2.73. The fourth-order valence-electron chi connectivity index (χ4n) is 3.76. The van der Waals surface area contributed by atoms with E-state index in [1.165, 1.54) is 23.1 Å². The van der Waals surface area contributed by atoms with Gasteiger partial charge in [-0.15, -0.1) is 0 Å². The van der Waals surface area contributed by atoms with Gasteiger partial charge in [-0.25, -0.2) is 0 Å². The summed E-state index contributed by atoms with van der Waals surface area (Å²) >= 11 is 0. The fraction of sp³-hybridized carbons (Fsp3) is 0.636. The summed E-state index contributed by atoms with van der Waals surface area (Å²) in [5.41, 5.74) is 4.25. The highest BCUT2D eigenvalue weighted by atomic mass is 16.2. The molecular formula is C22H36O. The molecule has 23 heavy (non-hydrogen) atoms. The van der Waals surface area contributed by atoms with E-state index in [1.807, 2.05) is 0 Å². The van der Waals surface area contributed by atoms with Crippen molar-refractivity contribution in [3.8, 4) is 0 Å². The average molecular weight is 317 g/mol. The van der Waals surface area contributed by atoms with Crippen LogP contribution < -0.4 is 0 Å². The molecule has 0 radical (unpaired) electrons. The van der Waals surface area contributed by atoms with Crippen LogP contribution in [0.1, 0.15) is 60.8 Å². The van der Waals surface area contributed by atoms with Crippen molar-refractivity contribution in [2.24, 2.45) is 23.7 Å². The SMILES string of the molecule is CC(C)=CCC1C(C=C(C)C)CC(/C=C/CCO)C1C=C(C)C. The summed E-state index contributed by atoms with van der Waals surface area (Å²) < 4.78 is 0. The van der Waals surface area contributed by atoms with Crippen molar-refractivity contribution in [1.29, 1.82) is 0 Å². The highest BCUT2D eigenvalue weighted by Crippen LogP contribution is 2.46. The van der Waals surface area contributed by atoms with E-state index in [1.54, 1.807) is 0 Å². The van der Waals surface area contributed by atoms with Gasteiger partial charge in [0.2, 0.25) is 0 Å². The molecule has 1 heteroatoms. The Kier molecular flexibility index (Phi) is 8.62. The van der Waals surface area contributed by atoms with E-state index in [0.29, 0.717) is 23.7 Å². The van der Waals surface area contributed by atoms with Crippen molar-refractivity contribution in [2.75, 3.05) is 6.61 Å². The van der Waals surface area contributed by atoms with Gasteiger partial charge in [0.1, 0.15) is 0 Å². The lowest BCUT2D eigenvalue weighted by atomic mass is 9.82. The number of aliphatic hydroxyl groups is 1. The summed E-state index contributed by atoms with van der Waals surface area (Å²) in [4.78, 5) is 0. The summed E-state index contributed by atoms with van der Waals surface area (Å²) in [5, 5.41) is 9.04. The molecule has 0 amide bonds. The predicted octanol–water partition coefficient (Wildman–Crippen LogP) is 6.08. The van der Waals surface area contributed by atoms with Crippen LogP contribution in [0, 0.1) is 23.7 Å². The lowest BCUT2D eigenvalue weighted by Crippen LogP contribution is -2.15. The van der Waals surface area contributed by atoms with Gasteiger partial charge >= 0.3 is 0 Å². The van der Waals surface area contributed by atoms with E-state index in [9.17, 15) is 0 Å². The molecule has 0 spiro atoms. The monoisotopic (exact) mass is 316 g/mol. The highest BCUT2D eigenvalue weighted by molar-refractivity contribution is 5.16. The van der Waals surface area contributed by atoms with Crippen molar-refractivity contribution < 1.29 is 5.11 Å². The molecule has 1 rings (SSSR count). The van der Waals surface area contributed by atoms with Crippen molar-refractivity contribution in [2.45, 2.75) is 60.8 Å². The first-order valence-corrected chi connectivity index (χ1v) is 9.06. The standard InChI is InChI=1S/C22H36O/c1-16(2)10-11-21-20(13-17(3)4)15-19(9-7-8-12-23)22(21)14-18(5)6/h7,9-10,13-14,19-23H,8,11-12,15H2,1-6H3/b9-7+. The number of rotatable bonds is 7. The molecule has 1 nitrogen and oxygen atoms in total. The van der Waals surface area contributed by atoms with Crippen LogP contribution in [0.5, 0.6) is 0 Å². The maximum atomic E-state index is 9.04. The molecule has 1 N–H and O–H groups in total. The van der Waals surface area contributed by atoms with Crippen LogP contribution in [-0.4, -0.2) is 11.7 Å². The Bertz CT molecular complexity index is 466. The van der Waals surface area contributed by atoms with Gasteiger partial charge in [0.05, 0.1) is 0 Å². The smallest absolute Gasteiger partial charge is 0.0465 e. The molecule has 130 valence electrons. The Morgan fingerprint density at radius 3 is 2.09 bits per heavy atom. The Morgan fingerprint density at radius 1 is 0.913 bits per heavy atom. The third-order valence-electron chi connectivity index (χ3n) is 4.63. The third kappa shape index (κ3) is 6.91. The summed E-state index contributed by atoms with van der Waals surface area (Å²) in [5.74, 6) is 2.53. The number of aliphatic hydroxyl groups excluding tert-OH is 1. The zero-order chi connectivity index (χ0) is 17.4. The van der Waals surface area contributed by atoms with Crippen LogP contribution >= 0.6 is 0 Å². The molecule has 4 unspecified atom stereocenters. The molecule has 1 saturated carbocycles. The molecule has 0 bridgehead atoms. The zero-order valence-electron chi connectivity index (χ0n) is 16.0. The van der Waals surface area contributed by atoms with Gasteiger partial charge < -0.3 is 5.11 Å². The maximum Gasteiger partial charge on any atom is 0.0465 e. The Labute approximate surface area is 143 Å². The topological polar surface area (TPSA) is 20.2 Å². The molecule has 0 saturated heterocycles. The molecule has 4 atom stereocenters. The molecule has 0 aromatic heterocycles. The molecular weight excluding hydrogens is 280 g/mol. The molecule has 1 fully saturated rings. The van der Waals surface area contributed by atoms with Crippen LogP contribution in [0.15, 0.2) is 47.1 Å². The quantitative estimate of drug-likeness (QED) is 0.564. The third-order valence-corrected chi connectivity index (χ3v) is 4.63. The number of hydrogen-bond donors (Lipinski definition) is 1. The van der Waals surface area contributed by atoms with Gasteiger partial charge in [-0.05, 0) is 84.5 Å². The van der Waals surface area contributed by atoms with Crippen LogP contribution in [0.3, 0.4) is 0 Å². The van der Waals surface area contributed by atoms with Crippen LogP contribution in [0.25, 0.3) is 0 Å². The van der Waals surface area contributed by atoms with Crippen molar-refractivity contribution in [3.63, 3.8) is 0 Å². The molecule has 0 aromatic rings. The minimum Gasteiger partial charge on any atom is -0.396 e. The first kappa shape index (κ1) is 20.0. The number of allylic oxidation sites excluding steroid dienone is 7. The second-order valence-electron chi connectivity index (χ2n) is 7.75. The van der Waals surface area contributed by atoms with Gasteiger partial charge in [-0.2, -0.15) is 0 Å². The second-order valence-corrected chi connectivity index (χ2v) is 7.75. The van der Waals surface area contributed by atoms with Crippen molar-refractivity contribution >= 4 is 0 Å². The van der Waals surface area contributed by atoms with Crippen molar-refractivity contribution in [3.05, 3.63) is 47.1 Å². The maximum absolute atomic E-state index is 9.04. The van der Waals surface area contributed by atoms with Crippen LogP contribution in [0.4, 0.5) is 0 Å². The van der Waals surface area contributed by atoms with Gasteiger partial charge in [-0.1, -0.05) is 47.1 Å². The van der Waals surface area contributed by atoms with Gasteiger partial charge in [0.25, 0.3) is 0 Å². The molecule has 0 aliphatic heterocycles. The molecule has 0 aromatic carbocycles. The molecule has 0 heterocycles. The summed E-state index contributed by atoms with van der Waals surface area (Å²) in [6, 6.07) is 0. The van der Waals surface area contributed by atoms with E-state index >= 15 is 0 Å². The fourth-order valence-corrected chi connectivity index (χ4v) is 3.76. The predicted molar refractivity (Wildman–Crippen MR) is 102 cm³/mol. The van der Waals surface area contributed by atoms with E-state index in [0.717, 1.165) is 12.8 Å². The lowest BCUT2D eigenvalue weighted by Gasteiger charge is -2.22.